The quantitative estimate of drug-likeness (QED) is 0.293. The number of halogens is 2. The van der Waals surface area contributed by atoms with Crippen LogP contribution < -0.4 is 15.6 Å². The molecule has 1 amide bonds. The number of aliphatic carboxylic acids is 1. The van der Waals surface area contributed by atoms with Crippen LogP contribution in [0, 0.1) is 0 Å². The van der Waals surface area contributed by atoms with Crippen LogP contribution in [0.2, 0.25) is 10.0 Å². The van der Waals surface area contributed by atoms with Crippen molar-refractivity contribution < 1.29 is 29.3 Å². The highest BCUT2D eigenvalue weighted by atomic mass is 35.5. The van der Waals surface area contributed by atoms with Crippen LogP contribution in [0.25, 0.3) is 11.1 Å². The maximum Gasteiger partial charge on any atom is 0.326 e. The summed E-state index contributed by atoms with van der Waals surface area (Å²) in [6, 6.07) is 9.94. The number of hydrogen-bond donors (Lipinski definition) is 3. The van der Waals surface area contributed by atoms with Crippen LogP contribution in [0.15, 0.2) is 53.5 Å². The third kappa shape index (κ3) is 7.30. The standard InChI is InChI=1S/C25H25Cl2N3O7/c1-30-24(33)21(20(14-28-30)37-12-11-36-10-9-31)16-7-5-15(6-8-16)13-19(25(34)35)29-23(32)22-17(26)3-2-4-18(22)27/h2-8,14,19,31H,9-13H2,1H3,(H,29,32)(H,34,35)/t19-/m0/s1. The van der Waals surface area contributed by atoms with Crippen molar-refractivity contribution >= 4 is 35.1 Å². The molecule has 0 aliphatic rings. The lowest BCUT2D eigenvalue weighted by Gasteiger charge is -2.16. The Morgan fingerprint density at radius 2 is 1.76 bits per heavy atom. The Balaban J connectivity index is 1.78. The monoisotopic (exact) mass is 549 g/mol. The summed E-state index contributed by atoms with van der Waals surface area (Å²) < 4.78 is 12.0. The Kier molecular flexibility index (Phi) is 10.0. The van der Waals surface area contributed by atoms with Crippen molar-refractivity contribution in [3.05, 3.63) is 80.2 Å². The predicted octanol–water partition coefficient (Wildman–Crippen LogP) is 2.57. The second kappa shape index (κ2) is 13.2. The summed E-state index contributed by atoms with van der Waals surface area (Å²) in [4.78, 5) is 37.3. The number of benzene rings is 2. The second-order valence-electron chi connectivity index (χ2n) is 7.86. The van der Waals surface area contributed by atoms with Crippen LogP contribution in [-0.4, -0.2) is 64.3 Å². The molecular formula is C25H25Cl2N3O7. The molecule has 0 saturated heterocycles. The van der Waals surface area contributed by atoms with Gasteiger partial charge in [-0.05, 0) is 23.3 Å². The third-order valence-corrected chi connectivity index (χ3v) is 5.93. The van der Waals surface area contributed by atoms with Crippen molar-refractivity contribution in [3.8, 4) is 16.9 Å². The lowest BCUT2D eigenvalue weighted by Crippen LogP contribution is -2.42. The number of aliphatic hydroxyl groups is 1. The van der Waals surface area contributed by atoms with Gasteiger partial charge in [0, 0.05) is 13.5 Å². The third-order valence-electron chi connectivity index (χ3n) is 5.30. The predicted molar refractivity (Wildman–Crippen MR) is 137 cm³/mol. The van der Waals surface area contributed by atoms with Crippen molar-refractivity contribution in [3.63, 3.8) is 0 Å². The van der Waals surface area contributed by atoms with Crippen LogP contribution in [0.5, 0.6) is 5.75 Å². The second-order valence-corrected chi connectivity index (χ2v) is 8.67. The molecule has 2 aromatic carbocycles. The first-order valence-corrected chi connectivity index (χ1v) is 11.9. The number of hydrogen-bond acceptors (Lipinski definition) is 7. The maximum absolute atomic E-state index is 12.8. The lowest BCUT2D eigenvalue weighted by molar-refractivity contribution is -0.139. The van der Waals surface area contributed by atoms with Crippen molar-refractivity contribution in [1.82, 2.24) is 15.1 Å². The van der Waals surface area contributed by atoms with E-state index >= 15 is 0 Å². The van der Waals surface area contributed by atoms with Gasteiger partial charge in [0.25, 0.3) is 11.5 Å². The average Bonchev–Trinajstić information content (AvgIpc) is 2.86. The SMILES string of the molecule is Cn1ncc(OCCOCCO)c(-c2ccc(C[C@H](NC(=O)c3c(Cl)cccc3Cl)C(=O)O)cc2)c1=O. The number of aromatic nitrogens is 2. The number of rotatable bonds is 12. The molecule has 1 aromatic heterocycles. The molecule has 3 N–H and O–H groups in total. The van der Waals surface area contributed by atoms with Crippen LogP contribution >= 0.6 is 23.2 Å². The number of aliphatic hydroxyl groups excluding tert-OH is 1. The van der Waals surface area contributed by atoms with E-state index in [2.05, 4.69) is 10.4 Å². The smallest absolute Gasteiger partial charge is 0.326 e. The normalized spacial score (nSPS) is 11.7. The van der Waals surface area contributed by atoms with Crippen molar-refractivity contribution in [1.29, 1.82) is 0 Å². The molecule has 1 atom stereocenters. The van der Waals surface area contributed by atoms with E-state index in [4.69, 9.17) is 37.8 Å². The molecule has 3 rings (SSSR count). The maximum atomic E-state index is 12.8. The van der Waals surface area contributed by atoms with E-state index in [9.17, 15) is 19.5 Å². The van der Waals surface area contributed by atoms with Gasteiger partial charge in [-0.2, -0.15) is 5.10 Å². The number of carboxylic acids is 1. The van der Waals surface area contributed by atoms with E-state index in [1.54, 1.807) is 30.3 Å². The molecule has 10 nitrogen and oxygen atoms in total. The van der Waals surface area contributed by atoms with Gasteiger partial charge >= 0.3 is 5.97 Å². The molecule has 0 unspecified atom stereocenters. The van der Waals surface area contributed by atoms with Gasteiger partial charge in [0.15, 0.2) is 5.75 Å². The summed E-state index contributed by atoms with van der Waals surface area (Å²) in [6.07, 6.45) is 1.40. The molecular weight excluding hydrogens is 525 g/mol. The molecule has 37 heavy (non-hydrogen) atoms. The van der Waals surface area contributed by atoms with Gasteiger partial charge in [-0.15, -0.1) is 0 Å². The molecule has 1 heterocycles. The fourth-order valence-electron chi connectivity index (χ4n) is 3.46. The number of nitrogens with one attached hydrogen (secondary N) is 1. The zero-order chi connectivity index (χ0) is 26.9. The van der Waals surface area contributed by atoms with E-state index in [0.717, 1.165) is 0 Å². The molecule has 3 aromatic rings. The summed E-state index contributed by atoms with van der Waals surface area (Å²) in [5.74, 6) is -1.68. The number of carbonyl (C=O) groups is 2. The molecule has 0 saturated carbocycles. The minimum Gasteiger partial charge on any atom is -0.489 e. The summed E-state index contributed by atoms with van der Waals surface area (Å²) >= 11 is 12.1. The zero-order valence-corrected chi connectivity index (χ0v) is 21.3. The van der Waals surface area contributed by atoms with E-state index in [-0.39, 0.29) is 65.3 Å². The van der Waals surface area contributed by atoms with Crippen LogP contribution in [-0.2, 0) is 23.0 Å². The summed E-state index contributed by atoms with van der Waals surface area (Å²) in [5, 5.41) is 25.1. The van der Waals surface area contributed by atoms with Crippen molar-refractivity contribution in [2.75, 3.05) is 26.4 Å². The van der Waals surface area contributed by atoms with E-state index in [0.29, 0.717) is 11.1 Å². The fraction of sp³-hybridized carbons (Fsp3) is 0.280. The van der Waals surface area contributed by atoms with Crippen LogP contribution in [0.1, 0.15) is 15.9 Å². The van der Waals surface area contributed by atoms with E-state index in [1.807, 2.05) is 0 Å². The topological polar surface area (TPSA) is 140 Å². The largest absolute Gasteiger partial charge is 0.489 e. The number of ether oxygens (including phenoxy) is 2. The Hall–Kier alpha value is -3.44. The molecule has 0 aliphatic carbocycles. The van der Waals surface area contributed by atoms with Gasteiger partial charge in [-0.1, -0.05) is 53.5 Å². The highest BCUT2D eigenvalue weighted by Gasteiger charge is 2.24. The lowest BCUT2D eigenvalue weighted by atomic mass is 10.0. The molecule has 0 radical (unpaired) electrons. The van der Waals surface area contributed by atoms with Crippen LogP contribution in [0.3, 0.4) is 0 Å². The van der Waals surface area contributed by atoms with E-state index < -0.39 is 17.9 Å². The average molecular weight is 550 g/mol. The number of aryl methyl sites for hydroxylation is 1. The number of carboxylic acid groups (broad SMARTS) is 1. The minimum atomic E-state index is -1.25. The molecule has 12 heteroatoms. The first-order valence-electron chi connectivity index (χ1n) is 11.2. The molecule has 0 spiro atoms. The first-order chi connectivity index (χ1) is 17.7. The highest BCUT2D eigenvalue weighted by Crippen LogP contribution is 2.27. The van der Waals surface area contributed by atoms with Gasteiger partial charge < -0.3 is 25.0 Å². The van der Waals surface area contributed by atoms with Crippen molar-refractivity contribution in [2.24, 2.45) is 7.05 Å². The summed E-state index contributed by atoms with van der Waals surface area (Å²) in [5.41, 5.74) is 1.04. The van der Waals surface area contributed by atoms with Gasteiger partial charge in [-0.3, -0.25) is 9.59 Å². The van der Waals surface area contributed by atoms with Gasteiger partial charge in [0.1, 0.15) is 12.6 Å². The summed E-state index contributed by atoms with van der Waals surface area (Å²) in [6.45, 7) is 0.437. The Morgan fingerprint density at radius 3 is 2.38 bits per heavy atom. The number of carbonyl (C=O) groups excluding carboxylic acids is 1. The Labute approximate surface area is 222 Å². The zero-order valence-electron chi connectivity index (χ0n) is 19.8. The number of amides is 1. The minimum absolute atomic E-state index is 0.00439. The Morgan fingerprint density at radius 1 is 1.08 bits per heavy atom. The fourth-order valence-corrected chi connectivity index (χ4v) is 4.03. The highest BCUT2D eigenvalue weighted by molar-refractivity contribution is 6.39. The molecule has 0 bridgehead atoms. The van der Waals surface area contributed by atoms with Crippen molar-refractivity contribution in [2.45, 2.75) is 12.5 Å². The van der Waals surface area contributed by atoms with Gasteiger partial charge in [0.2, 0.25) is 0 Å². The number of nitrogens with zero attached hydrogens (tertiary/aromatic N) is 2. The molecule has 0 aliphatic heterocycles. The van der Waals surface area contributed by atoms with E-state index in [1.165, 1.54) is 30.1 Å². The molecule has 196 valence electrons. The van der Waals surface area contributed by atoms with Gasteiger partial charge in [-0.25, -0.2) is 9.48 Å². The van der Waals surface area contributed by atoms with Crippen LogP contribution in [0.4, 0.5) is 0 Å². The Bertz CT molecular complexity index is 1290. The molecule has 0 fully saturated rings. The van der Waals surface area contributed by atoms with Gasteiger partial charge in [0.05, 0.1) is 47.2 Å². The summed E-state index contributed by atoms with van der Waals surface area (Å²) in [7, 11) is 1.51. The first kappa shape index (κ1) is 28.1.